The van der Waals surface area contributed by atoms with Gasteiger partial charge in [0.1, 0.15) is 19.3 Å². The van der Waals surface area contributed by atoms with Crippen molar-refractivity contribution in [1.82, 2.24) is 0 Å². The Morgan fingerprint density at radius 2 is 0.600 bits per heavy atom. The molecule has 0 aromatic heterocycles. The number of rotatable bonds is 60. The molecule has 19 heteroatoms. The van der Waals surface area contributed by atoms with E-state index in [2.05, 4.69) is 41.5 Å². The minimum atomic E-state index is -4.94. The second kappa shape index (κ2) is 53.8. The Kier molecular flexibility index (Phi) is 52.5. The molecule has 0 radical (unpaired) electrons. The van der Waals surface area contributed by atoms with E-state index >= 15 is 0 Å². The first kappa shape index (κ1) is 78.1. The average Bonchev–Trinajstić information content (AvgIpc) is 3.43. The van der Waals surface area contributed by atoms with Crippen LogP contribution in [0.1, 0.15) is 298 Å². The van der Waals surface area contributed by atoms with Crippen LogP contribution in [0.3, 0.4) is 0 Å². The topological polar surface area (TPSA) is 237 Å². The second-order valence-electron chi connectivity index (χ2n) is 22.6. The molecule has 0 aliphatic rings. The Balaban J connectivity index is 5.23. The van der Waals surface area contributed by atoms with Crippen LogP contribution in [0.2, 0.25) is 0 Å². The van der Waals surface area contributed by atoms with Crippen LogP contribution in [-0.4, -0.2) is 96.7 Å². The molecule has 0 heterocycles. The Morgan fingerprint density at radius 1 is 0.350 bits per heavy atom. The fraction of sp³-hybridized carbons (Fsp3) is 0.934. The summed E-state index contributed by atoms with van der Waals surface area (Å²) in [6.45, 7) is 9.34. The van der Waals surface area contributed by atoms with Gasteiger partial charge in [0, 0.05) is 25.7 Å². The third-order valence-corrected chi connectivity index (χ3v) is 16.6. The molecule has 0 aliphatic carbocycles. The van der Waals surface area contributed by atoms with E-state index in [0.717, 1.165) is 121 Å². The van der Waals surface area contributed by atoms with Gasteiger partial charge in [-0.25, -0.2) is 9.13 Å². The summed E-state index contributed by atoms with van der Waals surface area (Å²) in [6.07, 6.45) is 34.9. The quantitative estimate of drug-likeness (QED) is 0.0222. The first-order valence-corrected chi connectivity index (χ1v) is 35.1. The molecule has 0 saturated carbocycles. The molecule has 0 aromatic carbocycles. The van der Waals surface area contributed by atoms with Gasteiger partial charge in [-0.1, -0.05) is 247 Å². The first-order chi connectivity index (χ1) is 38.4. The summed E-state index contributed by atoms with van der Waals surface area (Å²) in [6, 6.07) is 0. The molecule has 0 bridgehead atoms. The van der Waals surface area contributed by atoms with E-state index in [1.165, 1.54) is 96.3 Å². The lowest BCUT2D eigenvalue weighted by molar-refractivity contribution is -0.161. The van der Waals surface area contributed by atoms with Crippen molar-refractivity contribution >= 4 is 39.5 Å². The highest BCUT2D eigenvalue weighted by molar-refractivity contribution is 7.47. The van der Waals surface area contributed by atoms with Gasteiger partial charge in [0.2, 0.25) is 0 Å². The molecule has 0 saturated heterocycles. The smallest absolute Gasteiger partial charge is 0.462 e. The van der Waals surface area contributed by atoms with Gasteiger partial charge in [-0.3, -0.25) is 37.3 Å². The molecule has 17 nitrogen and oxygen atoms in total. The Morgan fingerprint density at radius 3 is 0.887 bits per heavy atom. The number of esters is 4. The van der Waals surface area contributed by atoms with Crippen LogP contribution in [0.15, 0.2) is 0 Å². The number of carbonyl (C=O) groups is 4. The minimum absolute atomic E-state index is 0.102. The number of ether oxygens (including phenoxy) is 4. The van der Waals surface area contributed by atoms with E-state index in [9.17, 15) is 43.2 Å². The van der Waals surface area contributed by atoms with E-state index in [1.807, 2.05) is 0 Å². The first-order valence-electron chi connectivity index (χ1n) is 32.1. The lowest BCUT2D eigenvalue weighted by atomic mass is 10.00. The van der Waals surface area contributed by atoms with E-state index in [1.54, 1.807) is 0 Å². The fourth-order valence-corrected chi connectivity index (χ4v) is 10.5. The van der Waals surface area contributed by atoms with Crippen LogP contribution in [0.4, 0.5) is 0 Å². The zero-order valence-electron chi connectivity index (χ0n) is 51.4. The summed E-state index contributed by atoms with van der Waals surface area (Å²) in [7, 11) is -9.88. The van der Waals surface area contributed by atoms with Crippen molar-refractivity contribution in [2.45, 2.75) is 317 Å². The number of phosphoric acid groups is 2. The molecule has 3 N–H and O–H groups in total. The SMILES string of the molecule is CCCCCCCCCCCCCCCC(=O)O[C@H](COC(=O)CCCCCCCCC(C)CC)COP(=O)(O)OC[C@@H](O)COP(=O)(O)OC[C@@H](COC(=O)CCCCCCCCC)OC(=O)CCCCCCCCC(C)CC. The van der Waals surface area contributed by atoms with Gasteiger partial charge in [-0.05, 0) is 37.5 Å². The molecule has 0 aliphatic heterocycles. The molecule has 0 spiro atoms. The standard InChI is InChI=1S/C61H118O17P2/c1-7-11-13-15-17-18-19-20-21-22-24-33-39-45-60(65)77-56(50-72-59(64)44-38-32-27-25-29-35-41-53(5)9-3)51-75-79(67,68)73-47-55(62)48-74-80(69,70)76-52-57(49-71-58(63)43-37-31-23-16-14-12-8-2)78-61(66)46-40-34-28-26-30-36-42-54(6)10-4/h53-57,62H,7-52H2,1-6H3,(H,67,68)(H,69,70)/t53?,54?,55-,56-,57-/m1/s1. The molecule has 0 aromatic rings. The third-order valence-electron chi connectivity index (χ3n) is 14.7. The van der Waals surface area contributed by atoms with Gasteiger partial charge >= 0.3 is 39.5 Å². The Hall–Kier alpha value is -1.94. The van der Waals surface area contributed by atoms with Gasteiger partial charge in [0.15, 0.2) is 12.2 Å². The highest BCUT2D eigenvalue weighted by Gasteiger charge is 2.30. The van der Waals surface area contributed by atoms with E-state index < -0.39 is 97.5 Å². The van der Waals surface area contributed by atoms with E-state index in [4.69, 9.17) is 37.0 Å². The van der Waals surface area contributed by atoms with Crippen molar-refractivity contribution < 1.29 is 80.2 Å². The van der Waals surface area contributed by atoms with Crippen molar-refractivity contribution in [3.8, 4) is 0 Å². The summed E-state index contributed by atoms with van der Waals surface area (Å²) in [5.41, 5.74) is 0. The lowest BCUT2D eigenvalue weighted by Gasteiger charge is -2.21. The number of hydrogen-bond donors (Lipinski definition) is 3. The maximum atomic E-state index is 12.9. The van der Waals surface area contributed by atoms with Crippen LogP contribution in [0.25, 0.3) is 0 Å². The number of aliphatic hydroxyl groups excluding tert-OH is 1. The highest BCUT2D eigenvalue weighted by atomic mass is 31.2. The lowest BCUT2D eigenvalue weighted by Crippen LogP contribution is -2.30. The number of hydrogen-bond acceptors (Lipinski definition) is 15. The summed E-state index contributed by atoms with van der Waals surface area (Å²) < 4.78 is 67.8. The maximum absolute atomic E-state index is 12.9. The number of phosphoric ester groups is 2. The summed E-state index contributed by atoms with van der Waals surface area (Å²) >= 11 is 0. The predicted octanol–water partition coefficient (Wildman–Crippen LogP) is 16.5. The fourth-order valence-electron chi connectivity index (χ4n) is 8.94. The molecule has 4 unspecified atom stereocenters. The predicted molar refractivity (Wildman–Crippen MR) is 317 cm³/mol. The summed E-state index contributed by atoms with van der Waals surface area (Å²) in [5, 5.41) is 10.5. The van der Waals surface area contributed by atoms with Crippen molar-refractivity contribution in [2.24, 2.45) is 11.8 Å². The highest BCUT2D eigenvalue weighted by Crippen LogP contribution is 2.45. The van der Waals surface area contributed by atoms with Crippen molar-refractivity contribution in [3.63, 3.8) is 0 Å². The van der Waals surface area contributed by atoms with E-state index in [0.29, 0.717) is 25.7 Å². The third kappa shape index (κ3) is 52.8. The van der Waals surface area contributed by atoms with Crippen LogP contribution in [-0.2, 0) is 65.4 Å². The van der Waals surface area contributed by atoms with Crippen molar-refractivity contribution in [1.29, 1.82) is 0 Å². The van der Waals surface area contributed by atoms with Gasteiger partial charge in [-0.15, -0.1) is 0 Å². The molecule has 80 heavy (non-hydrogen) atoms. The van der Waals surface area contributed by atoms with Crippen molar-refractivity contribution in [3.05, 3.63) is 0 Å². The van der Waals surface area contributed by atoms with Crippen LogP contribution in [0.5, 0.6) is 0 Å². The Bertz CT molecular complexity index is 1590. The average molecular weight is 1190 g/mol. The number of aliphatic hydroxyl groups is 1. The van der Waals surface area contributed by atoms with Gasteiger partial charge in [-0.2, -0.15) is 0 Å². The summed E-state index contributed by atoms with van der Waals surface area (Å²) in [4.78, 5) is 71.9. The molecule has 0 rings (SSSR count). The normalized spacial score (nSPS) is 15.1. The van der Waals surface area contributed by atoms with Gasteiger partial charge in [0.25, 0.3) is 0 Å². The van der Waals surface area contributed by atoms with Crippen molar-refractivity contribution in [2.75, 3.05) is 39.6 Å². The molecule has 0 fully saturated rings. The number of unbranched alkanes of at least 4 members (excludes halogenated alkanes) is 28. The van der Waals surface area contributed by atoms with Crippen LogP contribution in [0, 0.1) is 11.8 Å². The van der Waals surface area contributed by atoms with E-state index in [-0.39, 0.29) is 25.7 Å². The van der Waals surface area contributed by atoms with Crippen LogP contribution < -0.4 is 0 Å². The number of carbonyl (C=O) groups excluding carboxylic acids is 4. The van der Waals surface area contributed by atoms with Crippen LogP contribution >= 0.6 is 15.6 Å². The summed E-state index contributed by atoms with van der Waals surface area (Å²) in [5.74, 6) is -0.693. The van der Waals surface area contributed by atoms with Gasteiger partial charge in [0.05, 0.1) is 26.4 Å². The molecular weight excluding hydrogens is 1070 g/mol. The Labute approximate surface area is 486 Å². The van der Waals surface area contributed by atoms with Gasteiger partial charge < -0.3 is 33.8 Å². The largest absolute Gasteiger partial charge is 0.472 e. The second-order valence-corrected chi connectivity index (χ2v) is 25.5. The molecule has 7 atom stereocenters. The zero-order chi connectivity index (χ0) is 59.4. The zero-order valence-corrected chi connectivity index (χ0v) is 53.2. The monoisotopic (exact) mass is 1180 g/mol. The molecule has 474 valence electrons. The minimum Gasteiger partial charge on any atom is -0.462 e. The molecule has 0 amide bonds. The maximum Gasteiger partial charge on any atom is 0.472 e. The molecular formula is C61H118O17P2.